The van der Waals surface area contributed by atoms with Gasteiger partial charge in [0.1, 0.15) is 5.82 Å². The largest absolute Gasteiger partial charge is 0.478 e. The van der Waals surface area contributed by atoms with Crippen LogP contribution in [0.2, 0.25) is 0 Å². The lowest BCUT2D eigenvalue weighted by Gasteiger charge is -2.22. The van der Waals surface area contributed by atoms with Gasteiger partial charge in [0.05, 0.1) is 18.3 Å². The van der Waals surface area contributed by atoms with Crippen LogP contribution in [0.4, 0.5) is 4.39 Å². The molecule has 2 rings (SSSR count). The summed E-state index contributed by atoms with van der Waals surface area (Å²) >= 11 is 0. The van der Waals surface area contributed by atoms with Crippen LogP contribution in [0.5, 0.6) is 0 Å². The Labute approximate surface area is 104 Å². The standard InChI is InChI=1S/C13H15FO4/c14-10-2-1-9(12(7-10)13(15)16)8-18-11-3-5-17-6-4-11/h1-2,7,11H,3-6,8H2,(H,15,16). The van der Waals surface area contributed by atoms with Crippen molar-refractivity contribution in [3.63, 3.8) is 0 Å². The lowest BCUT2D eigenvalue weighted by Crippen LogP contribution is -2.23. The second-order valence-electron chi connectivity index (χ2n) is 4.23. The summed E-state index contributed by atoms with van der Waals surface area (Å²) in [4.78, 5) is 11.0. The monoisotopic (exact) mass is 254 g/mol. The molecule has 1 aromatic carbocycles. The van der Waals surface area contributed by atoms with Gasteiger partial charge in [-0.3, -0.25) is 0 Å². The second kappa shape index (κ2) is 5.93. The number of aromatic carboxylic acids is 1. The van der Waals surface area contributed by atoms with E-state index in [1.165, 1.54) is 12.1 Å². The minimum atomic E-state index is -1.14. The fourth-order valence-corrected chi connectivity index (χ4v) is 1.92. The van der Waals surface area contributed by atoms with Crippen LogP contribution in [0.3, 0.4) is 0 Å². The van der Waals surface area contributed by atoms with Crippen LogP contribution in [0.25, 0.3) is 0 Å². The summed E-state index contributed by atoms with van der Waals surface area (Å²) in [6, 6.07) is 3.72. The van der Waals surface area contributed by atoms with Crippen LogP contribution in [0, 0.1) is 5.82 Å². The molecule has 1 heterocycles. The van der Waals surface area contributed by atoms with Crippen molar-refractivity contribution in [2.75, 3.05) is 13.2 Å². The number of hydrogen-bond acceptors (Lipinski definition) is 3. The molecule has 0 radical (unpaired) electrons. The number of rotatable bonds is 4. The minimum absolute atomic E-state index is 0.0398. The average Bonchev–Trinajstić information content (AvgIpc) is 2.38. The lowest BCUT2D eigenvalue weighted by atomic mass is 10.1. The van der Waals surface area contributed by atoms with Crippen molar-refractivity contribution < 1.29 is 23.8 Å². The SMILES string of the molecule is O=C(O)c1cc(F)ccc1COC1CCOCC1. The Kier molecular flexibility index (Phi) is 4.28. The van der Waals surface area contributed by atoms with Gasteiger partial charge in [0.25, 0.3) is 0 Å². The van der Waals surface area contributed by atoms with Gasteiger partial charge < -0.3 is 14.6 Å². The molecule has 0 bridgehead atoms. The summed E-state index contributed by atoms with van der Waals surface area (Å²) in [6.45, 7) is 1.52. The summed E-state index contributed by atoms with van der Waals surface area (Å²) < 4.78 is 23.8. The van der Waals surface area contributed by atoms with Crippen molar-refractivity contribution in [3.8, 4) is 0 Å². The first kappa shape index (κ1) is 13.0. The van der Waals surface area contributed by atoms with Crippen molar-refractivity contribution in [1.82, 2.24) is 0 Å². The Morgan fingerprint density at radius 2 is 2.17 bits per heavy atom. The number of ether oxygens (including phenoxy) is 2. The first-order valence-corrected chi connectivity index (χ1v) is 5.88. The molecule has 0 unspecified atom stereocenters. The molecule has 4 nitrogen and oxygen atoms in total. The lowest BCUT2D eigenvalue weighted by molar-refractivity contribution is -0.0392. The van der Waals surface area contributed by atoms with Gasteiger partial charge in [-0.15, -0.1) is 0 Å². The molecule has 18 heavy (non-hydrogen) atoms. The molecule has 1 aliphatic rings. The van der Waals surface area contributed by atoms with Crippen molar-refractivity contribution in [2.45, 2.75) is 25.6 Å². The topological polar surface area (TPSA) is 55.8 Å². The molecule has 0 aromatic heterocycles. The zero-order valence-electron chi connectivity index (χ0n) is 9.89. The molecule has 1 saturated heterocycles. The van der Waals surface area contributed by atoms with Crippen LogP contribution >= 0.6 is 0 Å². The molecule has 98 valence electrons. The van der Waals surface area contributed by atoms with Crippen LogP contribution in [0.1, 0.15) is 28.8 Å². The fourth-order valence-electron chi connectivity index (χ4n) is 1.92. The highest BCUT2D eigenvalue weighted by atomic mass is 19.1. The molecule has 0 saturated carbocycles. The van der Waals surface area contributed by atoms with E-state index in [0.717, 1.165) is 18.9 Å². The summed E-state index contributed by atoms with van der Waals surface area (Å²) in [6.07, 6.45) is 1.71. The Bertz CT molecular complexity index is 427. The summed E-state index contributed by atoms with van der Waals surface area (Å²) in [7, 11) is 0. The number of halogens is 1. The summed E-state index contributed by atoms with van der Waals surface area (Å²) in [5.74, 6) is -1.69. The molecule has 1 N–H and O–H groups in total. The normalized spacial score (nSPS) is 16.7. The molecular formula is C13H15FO4. The van der Waals surface area contributed by atoms with Crippen molar-refractivity contribution in [2.24, 2.45) is 0 Å². The Hall–Kier alpha value is -1.46. The third-order valence-electron chi connectivity index (χ3n) is 2.95. The first-order valence-electron chi connectivity index (χ1n) is 5.88. The minimum Gasteiger partial charge on any atom is -0.478 e. The van der Waals surface area contributed by atoms with E-state index in [4.69, 9.17) is 14.6 Å². The molecule has 5 heteroatoms. The highest BCUT2D eigenvalue weighted by Gasteiger charge is 2.16. The van der Waals surface area contributed by atoms with E-state index < -0.39 is 11.8 Å². The number of carboxylic acids is 1. The Morgan fingerprint density at radius 1 is 1.44 bits per heavy atom. The number of benzene rings is 1. The van der Waals surface area contributed by atoms with E-state index in [1.54, 1.807) is 0 Å². The van der Waals surface area contributed by atoms with Gasteiger partial charge in [-0.1, -0.05) is 6.07 Å². The van der Waals surface area contributed by atoms with Crippen LogP contribution in [-0.2, 0) is 16.1 Å². The predicted molar refractivity (Wildman–Crippen MR) is 62.0 cm³/mol. The van der Waals surface area contributed by atoms with Gasteiger partial charge in [0.2, 0.25) is 0 Å². The van der Waals surface area contributed by atoms with Gasteiger partial charge in [-0.05, 0) is 30.5 Å². The Morgan fingerprint density at radius 3 is 2.83 bits per heavy atom. The molecule has 0 spiro atoms. The van der Waals surface area contributed by atoms with Crippen LogP contribution in [-0.4, -0.2) is 30.4 Å². The molecular weight excluding hydrogens is 239 g/mol. The molecule has 0 aliphatic carbocycles. The highest BCUT2D eigenvalue weighted by molar-refractivity contribution is 5.89. The number of carbonyl (C=O) groups is 1. The quantitative estimate of drug-likeness (QED) is 0.895. The molecule has 1 fully saturated rings. The van der Waals surface area contributed by atoms with Crippen molar-refractivity contribution in [1.29, 1.82) is 0 Å². The van der Waals surface area contributed by atoms with E-state index in [2.05, 4.69) is 0 Å². The zero-order chi connectivity index (χ0) is 13.0. The highest BCUT2D eigenvalue weighted by Crippen LogP contribution is 2.17. The van der Waals surface area contributed by atoms with Gasteiger partial charge in [-0.25, -0.2) is 9.18 Å². The maximum absolute atomic E-state index is 13.0. The second-order valence-corrected chi connectivity index (χ2v) is 4.23. The van der Waals surface area contributed by atoms with E-state index in [9.17, 15) is 9.18 Å². The van der Waals surface area contributed by atoms with E-state index in [1.807, 2.05) is 0 Å². The van der Waals surface area contributed by atoms with E-state index >= 15 is 0 Å². The van der Waals surface area contributed by atoms with Crippen molar-refractivity contribution in [3.05, 3.63) is 35.1 Å². The summed E-state index contributed by atoms with van der Waals surface area (Å²) in [5.41, 5.74) is 0.456. The summed E-state index contributed by atoms with van der Waals surface area (Å²) in [5, 5.41) is 8.98. The van der Waals surface area contributed by atoms with Gasteiger partial charge in [-0.2, -0.15) is 0 Å². The maximum atomic E-state index is 13.0. The third-order valence-corrected chi connectivity index (χ3v) is 2.95. The molecule has 1 aliphatic heterocycles. The van der Waals surface area contributed by atoms with E-state index in [-0.39, 0.29) is 18.3 Å². The van der Waals surface area contributed by atoms with Gasteiger partial charge in [0.15, 0.2) is 0 Å². The molecule has 0 amide bonds. The third kappa shape index (κ3) is 3.27. The first-order chi connectivity index (χ1) is 8.66. The van der Waals surface area contributed by atoms with Crippen LogP contribution < -0.4 is 0 Å². The van der Waals surface area contributed by atoms with E-state index in [0.29, 0.717) is 18.8 Å². The molecule has 1 aromatic rings. The zero-order valence-corrected chi connectivity index (χ0v) is 9.89. The van der Waals surface area contributed by atoms with Crippen LogP contribution in [0.15, 0.2) is 18.2 Å². The average molecular weight is 254 g/mol. The number of hydrogen-bond donors (Lipinski definition) is 1. The van der Waals surface area contributed by atoms with Crippen molar-refractivity contribution >= 4 is 5.97 Å². The van der Waals surface area contributed by atoms with Gasteiger partial charge >= 0.3 is 5.97 Å². The number of carboxylic acid groups (broad SMARTS) is 1. The maximum Gasteiger partial charge on any atom is 0.336 e. The van der Waals surface area contributed by atoms with Gasteiger partial charge in [0, 0.05) is 13.2 Å². The Balaban J connectivity index is 2.01. The fraction of sp³-hybridized carbons (Fsp3) is 0.462. The molecule has 0 atom stereocenters. The smallest absolute Gasteiger partial charge is 0.336 e. The predicted octanol–water partition coefficient (Wildman–Crippen LogP) is 2.22.